The molecular weight excluding hydrogens is 124 g/mol. The average Bonchev–Trinajstić information content (AvgIpc) is 1.87. The van der Waals surface area contributed by atoms with Gasteiger partial charge in [0.15, 0.2) is 0 Å². The van der Waals surface area contributed by atoms with Crippen molar-refractivity contribution in [1.29, 1.82) is 5.26 Å². The van der Waals surface area contributed by atoms with Gasteiger partial charge in [0.1, 0.15) is 6.04 Å². The van der Waals surface area contributed by atoms with Crippen LogP contribution in [0.25, 0.3) is 0 Å². The van der Waals surface area contributed by atoms with Crippen LogP contribution in [0.4, 0.5) is 0 Å². The van der Waals surface area contributed by atoms with Crippen LogP contribution >= 0.6 is 0 Å². The third kappa shape index (κ3) is 1.30. The van der Waals surface area contributed by atoms with Crippen LogP contribution in [0.3, 0.4) is 0 Å². The van der Waals surface area contributed by atoms with Gasteiger partial charge in [0.05, 0.1) is 6.07 Å². The number of rotatable bonds is 0. The van der Waals surface area contributed by atoms with Crippen LogP contribution in [0.2, 0.25) is 0 Å². The molecule has 0 aliphatic carbocycles. The van der Waals surface area contributed by atoms with Crippen LogP contribution in [0.1, 0.15) is 26.7 Å². The standard InChI is InChI=1S/C8H14N2/c1-8(2)4-3-5-10-7(8)6-9/h7,10H,3-5H2,1-2H3. The second-order valence-corrected chi connectivity index (χ2v) is 3.61. The highest BCUT2D eigenvalue weighted by atomic mass is 14.9. The molecule has 1 saturated heterocycles. The van der Waals surface area contributed by atoms with Crippen molar-refractivity contribution in [2.24, 2.45) is 5.41 Å². The fourth-order valence-corrected chi connectivity index (χ4v) is 1.43. The molecule has 1 unspecified atom stereocenters. The van der Waals surface area contributed by atoms with E-state index < -0.39 is 0 Å². The van der Waals surface area contributed by atoms with Gasteiger partial charge in [0.25, 0.3) is 0 Å². The summed E-state index contributed by atoms with van der Waals surface area (Å²) in [6, 6.07) is 2.34. The predicted molar refractivity (Wildman–Crippen MR) is 40.4 cm³/mol. The second-order valence-electron chi connectivity index (χ2n) is 3.61. The van der Waals surface area contributed by atoms with Gasteiger partial charge in [0, 0.05) is 0 Å². The van der Waals surface area contributed by atoms with E-state index in [9.17, 15) is 0 Å². The molecule has 0 bridgehead atoms. The Morgan fingerprint density at radius 3 is 2.70 bits per heavy atom. The Hall–Kier alpha value is -0.550. The zero-order valence-corrected chi connectivity index (χ0v) is 6.65. The van der Waals surface area contributed by atoms with Gasteiger partial charge in [-0.3, -0.25) is 0 Å². The van der Waals surface area contributed by atoms with Crippen LogP contribution < -0.4 is 5.32 Å². The number of piperidine rings is 1. The molecule has 1 rings (SSSR count). The minimum absolute atomic E-state index is 0.0567. The van der Waals surface area contributed by atoms with Crippen molar-refractivity contribution in [1.82, 2.24) is 5.32 Å². The number of hydrogen-bond acceptors (Lipinski definition) is 2. The number of hydrogen-bond donors (Lipinski definition) is 1. The van der Waals surface area contributed by atoms with E-state index in [-0.39, 0.29) is 11.5 Å². The van der Waals surface area contributed by atoms with Crippen molar-refractivity contribution in [3.8, 4) is 6.07 Å². The summed E-state index contributed by atoms with van der Waals surface area (Å²) >= 11 is 0. The van der Waals surface area contributed by atoms with Gasteiger partial charge < -0.3 is 5.32 Å². The van der Waals surface area contributed by atoms with E-state index in [4.69, 9.17) is 5.26 Å². The van der Waals surface area contributed by atoms with E-state index in [1.165, 1.54) is 6.42 Å². The topological polar surface area (TPSA) is 35.8 Å². The Balaban J connectivity index is 2.62. The molecule has 1 aliphatic rings. The summed E-state index contributed by atoms with van der Waals surface area (Å²) in [5.41, 5.74) is 0.174. The molecule has 0 aromatic heterocycles. The van der Waals surface area contributed by atoms with E-state index >= 15 is 0 Å². The Morgan fingerprint density at radius 1 is 1.60 bits per heavy atom. The molecule has 1 N–H and O–H groups in total. The summed E-state index contributed by atoms with van der Waals surface area (Å²) in [7, 11) is 0. The summed E-state index contributed by atoms with van der Waals surface area (Å²) in [6.07, 6.45) is 2.36. The van der Waals surface area contributed by atoms with Crippen molar-refractivity contribution in [2.45, 2.75) is 32.7 Å². The summed E-state index contributed by atoms with van der Waals surface area (Å²) < 4.78 is 0. The lowest BCUT2D eigenvalue weighted by Gasteiger charge is -2.34. The molecule has 2 heteroatoms. The third-order valence-electron chi connectivity index (χ3n) is 2.26. The maximum atomic E-state index is 8.71. The van der Waals surface area contributed by atoms with Gasteiger partial charge in [0.2, 0.25) is 0 Å². The van der Waals surface area contributed by atoms with Crippen molar-refractivity contribution in [3.63, 3.8) is 0 Å². The summed E-state index contributed by atoms with van der Waals surface area (Å²) in [6.45, 7) is 5.29. The number of nitriles is 1. The van der Waals surface area contributed by atoms with Gasteiger partial charge >= 0.3 is 0 Å². The Morgan fingerprint density at radius 2 is 2.30 bits per heavy atom. The molecule has 1 fully saturated rings. The number of nitrogens with one attached hydrogen (secondary N) is 1. The smallest absolute Gasteiger partial charge is 0.100 e. The van der Waals surface area contributed by atoms with Crippen LogP contribution in [-0.2, 0) is 0 Å². The minimum atomic E-state index is 0.0567. The highest BCUT2D eigenvalue weighted by Crippen LogP contribution is 2.29. The quantitative estimate of drug-likeness (QED) is 0.547. The predicted octanol–water partition coefficient (Wildman–Crippen LogP) is 1.29. The van der Waals surface area contributed by atoms with Crippen LogP contribution in [0.5, 0.6) is 0 Å². The fourth-order valence-electron chi connectivity index (χ4n) is 1.43. The molecule has 0 aromatic carbocycles. The SMILES string of the molecule is CC1(C)CCCNC1C#N. The van der Waals surface area contributed by atoms with Gasteiger partial charge in [-0.15, -0.1) is 0 Å². The Bertz CT molecular complexity index is 155. The molecule has 0 amide bonds. The maximum Gasteiger partial charge on any atom is 0.100 e. The largest absolute Gasteiger partial charge is 0.301 e. The molecule has 2 nitrogen and oxygen atoms in total. The van der Waals surface area contributed by atoms with Gasteiger partial charge in [-0.2, -0.15) is 5.26 Å². The highest BCUT2D eigenvalue weighted by Gasteiger charge is 2.31. The average molecular weight is 138 g/mol. The van der Waals surface area contributed by atoms with E-state index in [0.29, 0.717) is 0 Å². The Labute approximate surface area is 62.2 Å². The monoisotopic (exact) mass is 138 g/mol. The van der Waals surface area contributed by atoms with Crippen LogP contribution in [0.15, 0.2) is 0 Å². The summed E-state index contributed by atoms with van der Waals surface area (Å²) in [5.74, 6) is 0. The van der Waals surface area contributed by atoms with E-state index in [1.54, 1.807) is 0 Å². The zero-order valence-electron chi connectivity index (χ0n) is 6.65. The molecular formula is C8H14N2. The number of nitrogens with zero attached hydrogens (tertiary/aromatic N) is 1. The van der Waals surface area contributed by atoms with E-state index in [0.717, 1.165) is 13.0 Å². The molecule has 0 spiro atoms. The molecule has 0 saturated carbocycles. The second kappa shape index (κ2) is 2.59. The van der Waals surface area contributed by atoms with Gasteiger partial charge in [-0.05, 0) is 24.8 Å². The lowest BCUT2D eigenvalue weighted by molar-refractivity contribution is 0.219. The van der Waals surface area contributed by atoms with E-state index in [2.05, 4.69) is 25.2 Å². The van der Waals surface area contributed by atoms with Crippen molar-refractivity contribution < 1.29 is 0 Å². The first kappa shape index (κ1) is 7.56. The van der Waals surface area contributed by atoms with Crippen LogP contribution in [-0.4, -0.2) is 12.6 Å². The molecule has 10 heavy (non-hydrogen) atoms. The molecule has 0 aromatic rings. The van der Waals surface area contributed by atoms with Crippen molar-refractivity contribution in [3.05, 3.63) is 0 Å². The first-order chi connectivity index (χ1) is 4.67. The first-order valence-electron chi connectivity index (χ1n) is 3.80. The van der Waals surface area contributed by atoms with Gasteiger partial charge in [-0.1, -0.05) is 13.8 Å². The molecule has 1 atom stereocenters. The van der Waals surface area contributed by atoms with Crippen molar-refractivity contribution >= 4 is 0 Å². The fraction of sp³-hybridized carbons (Fsp3) is 0.875. The van der Waals surface area contributed by atoms with Crippen LogP contribution in [0, 0.1) is 16.7 Å². The van der Waals surface area contributed by atoms with Crippen molar-refractivity contribution in [2.75, 3.05) is 6.54 Å². The zero-order chi connectivity index (χ0) is 7.61. The van der Waals surface area contributed by atoms with Gasteiger partial charge in [-0.25, -0.2) is 0 Å². The molecule has 1 heterocycles. The normalized spacial score (nSPS) is 31.1. The lowest BCUT2D eigenvalue weighted by atomic mass is 9.78. The minimum Gasteiger partial charge on any atom is -0.301 e. The summed E-state index contributed by atoms with van der Waals surface area (Å²) in [5, 5.41) is 11.9. The molecule has 1 aliphatic heterocycles. The molecule has 56 valence electrons. The first-order valence-corrected chi connectivity index (χ1v) is 3.80. The Kier molecular flexibility index (Phi) is 1.96. The molecule has 0 radical (unpaired) electrons. The highest BCUT2D eigenvalue weighted by molar-refractivity contribution is 5.01. The lowest BCUT2D eigenvalue weighted by Crippen LogP contribution is -2.45. The van der Waals surface area contributed by atoms with E-state index in [1.807, 2.05) is 0 Å². The third-order valence-corrected chi connectivity index (χ3v) is 2.26. The summed E-state index contributed by atoms with van der Waals surface area (Å²) in [4.78, 5) is 0. The maximum absolute atomic E-state index is 8.71.